The predicted molar refractivity (Wildman–Crippen MR) is 114 cm³/mol. The van der Waals surface area contributed by atoms with Crippen LogP contribution in [0.1, 0.15) is 37.4 Å². The van der Waals surface area contributed by atoms with Crippen molar-refractivity contribution in [2.75, 3.05) is 26.2 Å². The number of amides is 1. The van der Waals surface area contributed by atoms with E-state index in [9.17, 15) is 18.0 Å². The molecule has 158 valence electrons. The molecule has 3 rings (SSSR count). The SMILES string of the molecule is Cc1csc(=O)n1CCC(=O)N1CCN(S(=O)(=O)c2ccc(C(C)C)cc2)CC1. The Bertz CT molecular complexity index is 1010. The average molecular weight is 438 g/mol. The maximum Gasteiger partial charge on any atom is 0.307 e. The maximum absolute atomic E-state index is 12.9. The fourth-order valence-electron chi connectivity index (χ4n) is 3.39. The van der Waals surface area contributed by atoms with Gasteiger partial charge in [0.1, 0.15) is 0 Å². The summed E-state index contributed by atoms with van der Waals surface area (Å²) in [6, 6.07) is 7.02. The number of hydrogen-bond acceptors (Lipinski definition) is 5. The highest BCUT2D eigenvalue weighted by Crippen LogP contribution is 2.21. The molecule has 0 aliphatic carbocycles. The van der Waals surface area contributed by atoms with Crippen molar-refractivity contribution >= 4 is 27.3 Å². The van der Waals surface area contributed by atoms with Crippen LogP contribution >= 0.6 is 11.3 Å². The lowest BCUT2D eigenvalue weighted by Gasteiger charge is -2.34. The molecule has 2 heterocycles. The smallest absolute Gasteiger partial charge is 0.307 e. The van der Waals surface area contributed by atoms with Crippen molar-refractivity contribution in [1.82, 2.24) is 13.8 Å². The second-order valence-corrected chi connectivity index (χ2v) is 10.3. The number of benzene rings is 1. The van der Waals surface area contributed by atoms with Crippen LogP contribution in [0.25, 0.3) is 0 Å². The third-order valence-electron chi connectivity index (χ3n) is 5.30. The molecule has 1 aromatic carbocycles. The van der Waals surface area contributed by atoms with E-state index in [4.69, 9.17) is 0 Å². The summed E-state index contributed by atoms with van der Waals surface area (Å²) in [5.74, 6) is 0.288. The molecule has 0 radical (unpaired) electrons. The number of hydrogen-bond donors (Lipinski definition) is 0. The molecule has 9 heteroatoms. The van der Waals surface area contributed by atoms with Gasteiger partial charge in [0.15, 0.2) is 0 Å². The molecule has 0 unspecified atom stereocenters. The van der Waals surface area contributed by atoms with Gasteiger partial charge >= 0.3 is 4.87 Å². The van der Waals surface area contributed by atoms with Crippen molar-refractivity contribution in [3.05, 3.63) is 50.6 Å². The first-order valence-corrected chi connectivity index (χ1v) is 12.0. The van der Waals surface area contributed by atoms with Crippen LogP contribution in [-0.4, -0.2) is 54.3 Å². The number of carbonyl (C=O) groups excluding carboxylic acids is 1. The van der Waals surface area contributed by atoms with Gasteiger partial charge in [-0.15, -0.1) is 0 Å². The molecule has 1 saturated heterocycles. The Balaban J connectivity index is 1.57. The first-order chi connectivity index (χ1) is 13.7. The standard InChI is InChI=1S/C20H27N3O4S2/c1-15(2)17-4-6-18(7-5-17)29(26,27)22-12-10-21(11-13-22)19(24)8-9-23-16(3)14-28-20(23)25/h4-7,14-15H,8-13H2,1-3H3. The first kappa shape index (κ1) is 21.7. The second kappa shape index (κ2) is 8.81. The number of sulfonamides is 1. The highest BCUT2D eigenvalue weighted by atomic mass is 32.2. The number of aryl methyl sites for hydroxylation is 1. The fraction of sp³-hybridized carbons (Fsp3) is 0.500. The lowest BCUT2D eigenvalue weighted by atomic mass is 10.0. The van der Waals surface area contributed by atoms with Gasteiger partial charge in [-0.1, -0.05) is 37.3 Å². The van der Waals surface area contributed by atoms with E-state index in [0.717, 1.165) is 22.6 Å². The fourth-order valence-corrected chi connectivity index (χ4v) is 5.58. The van der Waals surface area contributed by atoms with E-state index in [1.807, 2.05) is 19.1 Å². The normalized spacial score (nSPS) is 15.8. The molecular weight excluding hydrogens is 410 g/mol. The Morgan fingerprint density at radius 3 is 2.24 bits per heavy atom. The molecule has 0 atom stereocenters. The van der Waals surface area contributed by atoms with Gasteiger partial charge in [0.2, 0.25) is 15.9 Å². The minimum atomic E-state index is -3.56. The van der Waals surface area contributed by atoms with Crippen LogP contribution in [0.2, 0.25) is 0 Å². The van der Waals surface area contributed by atoms with E-state index in [2.05, 4.69) is 13.8 Å². The minimum Gasteiger partial charge on any atom is -0.340 e. The molecule has 1 aliphatic rings. The monoisotopic (exact) mass is 437 g/mol. The third-order valence-corrected chi connectivity index (χ3v) is 8.10. The highest BCUT2D eigenvalue weighted by molar-refractivity contribution is 7.89. The molecule has 1 aliphatic heterocycles. The molecule has 1 aromatic heterocycles. The summed E-state index contributed by atoms with van der Waals surface area (Å²) >= 11 is 1.13. The van der Waals surface area contributed by atoms with Crippen molar-refractivity contribution in [3.8, 4) is 0 Å². The van der Waals surface area contributed by atoms with Crippen molar-refractivity contribution in [1.29, 1.82) is 0 Å². The highest BCUT2D eigenvalue weighted by Gasteiger charge is 2.30. The summed E-state index contributed by atoms with van der Waals surface area (Å²) < 4.78 is 28.8. The topological polar surface area (TPSA) is 79.7 Å². The molecular formula is C20H27N3O4S2. The van der Waals surface area contributed by atoms with Gasteiger partial charge in [-0.05, 0) is 30.5 Å². The number of rotatable bonds is 6. The molecule has 1 fully saturated rings. The summed E-state index contributed by atoms with van der Waals surface area (Å²) in [7, 11) is -3.56. The van der Waals surface area contributed by atoms with Gasteiger partial charge in [0, 0.05) is 50.2 Å². The molecule has 0 spiro atoms. The van der Waals surface area contributed by atoms with Crippen LogP contribution in [0.15, 0.2) is 39.3 Å². The van der Waals surface area contributed by atoms with Gasteiger partial charge in [-0.2, -0.15) is 4.31 Å². The van der Waals surface area contributed by atoms with Crippen LogP contribution in [0.3, 0.4) is 0 Å². The predicted octanol–water partition coefficient (Wildman–Crippen LogP) is 2.26. The summed E-state index contributed by atoms with van der Waals surface area (Å²) in [6.45, 7) is 7.60. The third kappa shape index (κ3) is 4.79. The minimum absolute atomic E-state index is 0.0548. The molecule has 0 saturated carbocycles. The van der Waals surface area contributed by atoms with Crippen LogP contribution < -0.4 is 4.87 Å². The number of aromatic nitrogens is 1. The zero-order valence-corrected chi connectivity index (χ0v) is 18.6. The Hall–Kier alpha value is -1.97. The molecule has 2 aromatic rings. The molecule has 29 heavy (non-hydrogen) atoms. The van der Waals surface area contributed by atoms with E-state index >= 15 is 0 Å². The molecule has 0 N–H and O–H groups in total. The maximum atomic E-state index is 12.9. The number of carbonyl (C=O) groups is 1. The Kier molecular flexibility index (Phi) is 6.60. The first-order valence-electron chi connectivity index (χ1n) is 9.73. The second-order valence-electron chi connectivity index (χ2n) is 7.55. The van der Waals surface area contributed by atoms with E-state index in [-0.39, 0.29) is 35.2 Å². The van der Waals surface area contributed by atoms with Crippen molar-refractivity contribution in [3.63, 3.8) is 0 Å². The Labute approximate surface area is 175 Å². The van der Waals surface area contributed by atoms with Gasteiger partial charge in [0.25, 0.3) is 0 Å². The van der Waals surface area contributed by atoms with Gasteiger partial charge < -0.3 is 9.47 Å². The molecule has 1 amide bonds. The average Bonchev–Trinajstić information content (AvgIpc) is 3.03. The van der Waals surface area contributed by atoms with E-state index in [1.54, 1.807) is 27.0 Å². The van der Waals surface area contributed by atoms with Crippen LogP contribution in [-0.2, 0) is 21.4 Å². The summed E-state index contributed by atoms with van der Waals surface area (Å²) in [5.41, 5.74) is 1.95. The lowest BCUT2D eigenvalue weighted by molar-refractivity contribution is -0.132. The van der Waals surface area contributed by atoms with Gasteiger partial charge in [-0.25, -0.2) is 8.42 Å². The quantitative estimate of drug-likeness (QED) is 0.694. The van der Waals surface area contributed by atoms with E-state index in [0.29, 0.717) is 25.6 Å². The largest absolute Gasteiger partial charge is 0.340 e. The van der Waals surface area contributed by atoms with E-state index in [1.165, 1.54) is 4.31 Å². The van der Waals surface area contributed by atoms with Crippen LogP contribution in [0, 0.1) is 6.92 Å². The zero-order chi connectivity index (χ0) is 21.2. The number of nitrogens with zero attached hydrogens (tertiary/aromatic N) is 3. The van der Waals surface area contributed by atoms with Crippen LogP contribution in [0.4, 0.5) is 0 Å². The number of piperazine rings is 1. The molecule has 0 bridgehead atoms. The zero-order valence-electron chi connectivity index (χ0n) is 17.0. The number of thiazole rings is 1. The Morgan fingerprint density at radius 2 is 1.72 bits per heavy atom. The summed E-state index contributed by atoms with van der Waals surface area (Å²) in [6.07, 6.45) is 0.237. The van der Waals surface area contributed by atoms with Gasteiger partial charge in [-0.3, -0.25) is 9.59 Å². The van der Waals surface area contributed by atoms with Crippen molar-refractivity contribution in [2.45, 2.75) is 44.6 Å². The van der Waals surface area contributed by atoms with Crippen LogP contribution in [0.5, 0.6) is 0 Å². The lowest BCUT2D eigenvalue weighted by Crippen LogP contribution is -2.50. The van der Waals surface area contributed by atoms with E-state index < -0.39 is 10.0 Å². The Morgan fingerprint density at radius 1 is 1.10 bits per heavy atom. The summed E-state index contributed by atoms with van der Waals surface area (Å²) in [4.78, 5) is 26.2. The van der Waals surface area contributed by atoms with Crippen molar-refractivity contribution in [2.24, 2.45) is 0 Å². The van der Waals surface area contributed by atoms with Gasteiger partial charge in [0.05, 0.1) is 4.90 Å². The molecule has 7 nitrogen and oxygen atoms in total. The van der Waals surface area contributed by atoms with Crippen molar-refractivity contribution < 1.29 is 13.2 Å². The summed E-state index contributed by atoms with van der Waals surface area (Å²) in [5, 5.41) is 1.78.